The van der Waals surface area contributed by atoms with E-state index in [1.165, 1.54) is 0 Å². The van der Waals surface area contributed by atoms with E-state index in [-0.39, 0.29) is 49.5 Å². The highest BCUT2D eigenvalue weighted by Crippen LogP contribution is 2.49. The molecule has 0 radical (unpaired) electrons. The first-order valence-electron chi connectivity index (χ1n) is 13.7. The maximum Gasteiger partial charge on any atom is 0.324 e. The van der Waals surface area contributed by atoms with Crippen LogP contribution in [0, 0.1) is 5.92 Å². The van der Waals surface area contributed by atoms with Crippen molar-refractivity contribution in [3.63, 3.8) is 0 Å². The molecule has 1 atom stereocenters. The van der Waals surface area contributed by atoms with Gasteiger partial charge in [-0.15, -0.1) is 0 Å². The molecule has 39 heavy (non-hydrogen) atoms. The van der Waals surface area contributed by atoms with Gasteiger partial charge in [0.05, 0.1) is 0 Å². The topological polar surface area (TPSA) is 91.9 Å². The van der Waals surface area contributed by atoms with Crippen LogP contribution in [0.25, 0.3) is 0 Å². The van der Waals surface area contributed by atoms with Crippen LogP contribution in [0.15, 0.2) is 46.5 Å². The van der Waals surface area contributed by atoms with Crippen LogP contribution in [-0.4, -0.2) is 70.4 Å². The number of aliphatic hydroxyl groups is 1. The van der Waals surface area contributed by atoms with Gasteiger partial charge in [0.25, 0.3) is 11.8 Å². The van der Waals surface area contributed by atoms with Crippen LogP contribution in [0.4, 0.5) is 14.8 Å². The number of carbonyl (C=O) groups excluding carboxylic acids is 1. The second kappa shape index (κ2) is 9.73. The van der Waals surface area contributed by atoms with Crippen LogP contribution >= 0.6 is 0 Å². The quantitative estimate of drug-likeness (QED) is 0.607. The van der Waals surface area contributed by atoms with Gasteiger partial charge in [0, 0.05) is 80.9 Å². The standard InChI is InChI=1S/C29H34F2N4O4/c1-18(2)25-32-27(39-33-25)34-11-9-28(10-12-34)29(30,31)14-23-13-22(7-8-24(23)38-28)20-3-5-21(6-4-20)26(37)35-15-19(16-35)17-36/h3,5-8,13,18-20,36H,4,9-12,14-17H2,1-2H3. The van der Waals surface area contributed by atoms with E-state index < -0.39 is 11.5 Å². The Morgan fingerprint density at radius 3 is 2.64 bits per heavy atom. The lowest BCUT2D eigenvalue weighted by molar-refractivity contribution is -0.185. The van der Waals surface area contributed by atoms with E-state index in [4.69, 9.17) is 9.26 Å². The fourth-order valence-corrected chi connectivity index (χ4v) is 5.93. The number of benzene rings is 1. The van der Waals surface area contributed by atoms with Crippen LogP contribution < -0.4 is 9.64 Å². The number of aliphatic hydroxyl groups excluding tert-OH is 1. The van der Waals surface area contributed by atoms with Crippen LogP contribution in [-0.2, 0) is 11.2 Å². The Morgan fingerprint density at radius 1 is 1.23 bits per heavy atom. The van der Waals surface area contributed by atoms with Gasteiger partial charge in [0.15, 0.2) is 11.4 Å². The van der Waals surface area contributed by atoms with Gasteiger partial charge in [-0.05, 0) is 18.1 Å². The maximum absolute atomic E-state index is 15.7. The number of ether oxygens (including phenoxy) is 1. The van der Waals surface area contributed by atoms with E-state index in [9.17, 15) is 9.90 Å². The molecular weight excluding hydrogens is 506 g/mol. The van der Waals surface area contributed by atoms with Gasteiger partial charge >= 0.3 is 6.01 Å². The number of nitrogens with zero attached hydrogens (tertiary/aromatic N) is 4. The van der Waals surface area contributed by atoms with Crippen LogP contribution in [0.1, 0.15) is 61.9 Å². The zero-order valence-corrected chi connectivity index (χ0v) is 22.3. The number of carbonyl (C=O) groups is 1. The third-order valence-electron chi connectivity index (χ3n) is 8.54. The first-order valence-corrected chi connectivity index (χ1v) is 13.7. The fourth-order valence-electron chi connectivity index (χ4n) is 5.93. The molecule has 1 spiro atoms. The summed E-state index contributed by atoms with van der Waals surface area (Å²) in [6.07, 6.45) is 6.28. The highest BCUT2D eigenvalue weighted by Gasteiger charge is 2.59. The number of aromatic nitrogens is 2. The van der Waals surface area contributed by atoms with Crippen molar-refractivity contribution < 1.29 is 27.9 Å². The largest absolute Gasteiger partial charge is 0.481 e. The summed E-state index contributed by atoms with van der Waals surface area (Å²) in [6, 6.07) is 5.95. The molecule has 1 aromatic heterocycles. The summed E-state index contributed by atoms with van der Waals surface area (Å²) in [4.78, 5) is 20.6. The Bertz CT molecular complexity index is 1310. The molecular formula is C29H34F2N4O4. The average Bonchev–Trinajstić information content (AvgIpc) is 3.40. The number of fused-ring (bicyclic) bond motifs is 1. The third-order valence-corrected chi connectivity index (χ3v) is 8.54. The van der Waals surface area contributed by atoms with Crippen molar-refractivity contribution in [3.8, 4) is 5.75 Å². The van der Waals surface area contributed by atoms with E-state index in [1.807, 2.05) is 55.2 Å². The Morgan fingerprint density at radius 2 is 2.00 bits per heavy atom. The van der Waals surface area contributed by atoms with Crippen molar-refractivity contribution in [2.24, 2.45) is 5.92 Å². The number of hydrogen-bond acceptors (Lipinski definition) is 7. The third kappa shape index (κ3) is 4.62. The second-order valence-corrected chi connectivity index (χ2v) is 11.5. The van der Waals surface area contributed by atoms with Crippen LogP contribution in [0.3, 0.4) is 0 Å². The van der Waals surface area contributed by atoms with Gasteiger partial charge in [-0.25, -0.2) is 8.78 Å². The minimum absolute atomic E-state index is 0.00585. The summed E-state index contributed by atoms with van der Waals surface area (Å²) in [5, 5.41) is 13.2. The summed E-state index contributed by atoms with van der Waals surface area (Å²) in [5.74, 6) is -1.63. The van der Waals surface area contributed by atoms with Crippen molar-refractivity contribution in [1.82, 2.24) is 15.0 Å². The van der Waals surface area contributed by atoms with Gasteiger partial charge in [-0.1, -0.05) is 49.4 Å². The molecule has 4 heterocycles. The SMILES string of the molecule is CC(C)c1noc(N2CCC3(CC2)Oc2ccc(C4C=CC(C(=O)N5CC(CO)C5)=CC4)cc2CC3(F)F)n1. The fraction of sp³-hybridized carbons (Fsp3) is 0.552. The molecule has 8 nitrogen and oxygen atoms in total. The first kappa shape index (κ1) is 26.0. The molecule has 4 aliphatic rings. The highest BCUT2D eigenvalue weighted by atomic mass is 19.3. The number of rotatable bonds is 5. The zero-order valence-electron chi connectivity index (χ0n) is 22.3. The van der Waals surface area contributed by atoms with Gasteiger partial charge < -0.3 is 24.2 Å². The predicted octanol–water partition coefficient (Wildman–Crippen LogP) is 4.22. The van der Waals surface area contributed by atoms with E-state index in [0.717, 1.165) is 5.56 Å². The highest BCUT2D eigenvalue weighted by molar-refractivity contribution is 5.97. The molecule has 208 valence electrons. The average molecular weight is 541 g/mol. The molecule has 6 rings (SSSR count). The van der Waals surface area contributed by atoms with Crippen molar-refractivity contribution in [2.45, 2.75) is 62.9 Å². The van der Waals surface area contributed by atoms with Gasteiger partial charge in [-0.3, -0.25) is 4.79 Å². The first-order chi connectivity index (χ1) is 18.7. The van der Waals surface area contributed by atoms with E-state index in [0.29, 0.717) is 61.3 Å². The van der Waals surface area contributed by atoms with Gasteiger partial charge in [0.2, 0.25) is 0 Å². The van der Waals surface area contributed by atoms with Crippen molar-refractivity contribution in [3.05, 3.63) is 59.0 Å². The van der Waals surface area contributed by atoms with E-state index in [1.54, 1.807) is 4.90 Å². The predicted molar refractivity (Wildman–Crippen MR) is 140 cm³/mol. The molecule has 3 aliphatic heterocycles. The Kier molecular flexibility index (Phi) is 6.48. The summed E-state index contributed by atoms with van der Waals surface area (Å²) in [5.41, 5.74) is 0.524. The minimum atomic E-state index is -3.02. The smallest absolute Gasteiger partial charge is 0.324 e. The lowest BCUT2D eigenvalue weighted by Crippen LogP contribution is -2.61. The number of likely N-dealkylation sites (tertiary alicyclic amines) is 1. The lowest BCUT2D eigenvalue weighted by Gasteiger charge is -2.48. The number of hydrogen-bond donors (Lipinski definition) is 1. The van der Waals surface area contributed by atoms with Crippen LogP contribution in [0.5, 0.6) is 5.75 Å². The van der Waals surface area contributed by atoms with E-state index in [2.05, 4.69) is 10.1 Å². The number of halogens is 2. The number of amides is 1. The summed E-state index contributed by atoms with van der Waals surface area (Å²) < 4.78 is 42.8. The zero-order chi connectivity index (χ0) is 27.4. The van der Waals surface area contributed by atoms with Crippen LogP contribution in [0.2, 0.25) is 0 Å². The summed E-state index contributed by atoms with van der Waals surface area (Å²) >= 11 is 0. The molecule has 2 saturated heterocycles. The number of piperidine rings is 1. The molecule has 2 aromatic rings. The summed E-state index contributed by atoms with van der Waals surface area (Å²) in [6.45, 7) is 5.91. The molecule has 1 unspecified atom stereocenters. The normalized spacial score (nSPS) is 23.8. The maximum atomic E-state index is 15.7. The number of alkyl halides is 2. The van der Waals surface area contributed by atoms with Crippen molar-refractivity contribution in [1.29, 1.82) is 0 Å². The molecule has 1 aliphatic carbocycles. The summed E-state index contributed by atoms with van der Waals surface area (Å²) in [7, 11) is 0. The minimum Gasteiger partial charge on any atom is -0.481 e. The lowest BCUT2D eigenvalue weighted by atomic mass is 9.79. The monoisotopic (exact) mass is 540 g/mol. The molecule has 1 amide bonds. The number of anilines is 1. The molecule has 2 fully saturated rings. The number of allylic oxidation sites excluding steroid dienone is 2. The Labute approximate surface area is 226 Å². The molecule has 1 N–H and O–H groups in total. The van der Waals surface area contributed by atoms with Crippen molar-refractivity contribution >= 4 is 11.9 Å². The molecule has 0 saturated carbocycles. The second-order valence-electron chi connectivity index (χ2n) is 11.5. The van der Waals surface area contributed by atoms with Gasteiger partial charge in [0.1, 0.15) is 5.75 Å². The van der Waals surface area contributed by atoms with Gasteiger partial charge in [-0.2, -0.15) is 4.98 Å². The molecule has 10 heteroatoms. The molecule has 1 aromatic carbocycles. The van der Waals surface area contributed by atoms with E-state index >= 15 is 8.78 Å². The molecule has 0 bridgehead atoms. The Hall–Kier alpha value is -3.27. The van der Waals surface area contributed by atoms with Crippen molar-refractivity contribution in [2.75, 3.05) is 37.7 Å². The Balaban J connectivity index is 1.12.